The van der Waals surface area contributed by atoms with E-state index in [1.807, 2.05) is 18.2 Å². The van der Waals surface area contributed by atoms with E-state index in [1.165, 1.54) is 0 Å². The lowest BCUT2D eigenvalue weighted by Crippen LogP contribution is -2.07. The first-order valence-electron chi connectivity index (χ1n) is 6.02. The van der Waals surface area contributed by atoms with Crippen molar-refractivity contribution in [1.82, 2.24) is 0 Å². The summed E-state index contributed by atoms with van der Waals surface area (Å²) in [5.74, 6) is -0.941. The average Bonchev–Trinajstić information content (AvgIpc) is 2.38. The number of nitrogens with one attached hydrogen (secondary N) is 1. The molecule has 1 unspecified atom stereocenters. The van der Waals surface area contributed by atoms with Crippen LogP contribution in [-0.4, -0.2) is 11.1 Å². The Labute approximate surface area is 134 Å². The molecule has 0 aliphatic carbocycles. The molecule has 2 N–H and O–H groups in total. The molecule has 0 heterocycles. The lowest BCUT2D eigenvalue weighted by molar-refractivity contribution is 0.0696. The molecule has 3 nitrogen and oxygen atoms in total. The summed E-state index contributed by atoms with van der Waals surface area (Å²) < 4.78 is 1.60. The second-order valence-corrected chi connectivity index (χ2v) is 6.19. The monoisotopic (exact) mass is 397 g/mol. The van der Waals surface area contributed by atoms with Gasteiger partial charge in [-0.05, 0) is 58.7 Å². The number of hydrogen-bond donors (Lipinski definition) is 2. The molecule has 0 aromatic heterocycles. The van der Waals surface area contributed by atoms with E-state index in [0.717, 1.165) is 15.7 Å². The van der Waals surface area contributed by atoms with Crippen molar-refractivity contribution in [1.29, 1.82) is 0 Å². The van der Waals surface area contributed by atoms with Crippen molar-refractivity contribution in [2.24, 2.45) is 0 Å². The highest BCUT2D eigenvalue weighted by atomic mass is 79.9. The van der Waals surface area contributed by atoms with Gasteiger partial charge in [0, 0.05) is 20.7 Å². The minimum atomic E-state index is -0.941. The van der Waals surface area contributed by atoms with Gasteiger partial charge in [-0.15, -0.1) is 0 Å². The van der Waals surface area contributed by atoms with Crippen LogP contribution in [-0.2, 0) is 0 Å². The highest BCUT2D eigenvalue weighted by Gasteiger charge is 2.10. The number of benzene rings is 2. The van der Waals surface area contributed by atoms with Crippen LogP contribution in [0, 0.1) is 0 Å². The van der Waals surface area contributed by atoms with Crippen molar-refractivity contribution < 1.29 is 9.90 Å². The predicted octanol–water partition coefficient (Wildman–Crippen LogP) is 5.08. The number of aromatic carboxylic acids is 1. The molecule has 0 bridgehead atoms. The highest BCUT2D eigenvalue weighted by molar-refractivity contribution is 9.10. The third-order valence-electron chi connectivity index (χ3n) is 2.93. The second-order valence-electron chi connectivity index (χ2n) is 4.42. The summed E-state index contributed by atoms with van der Waals surface area (Å²) in [6.07, 6.45) is 0. The van der Waals surface area contributed by atoms with Gasteiger partial charge in [-0.3, -0.25) is 0 Å². The summed E-state index contributed by atoms with van der Waals surface area (Å²) in [7, 11) is 0. The van der Waals surface area contributed by atoms with Crippen LogP contribution in [0.2, 0.25) is 0 Å². The molecular weight excluding hydrogens is 386 g/mol. The molecule has 0 saturated heterocycles. The normalized spacial score (nSPS) is 11.9. The minimum absolute atomic E-state index is 0.120. The molecule has 0 fully saturated rings. The average molecular weight is 399 g/mol. The van der Waals surface area contributed by atoms with Gasteiger partial charge in [0.15, 0.2) is 0 Å². The molecule has 104 valence electrons. The summed E-state index contributed by atoms with van der Waals surface area (Å²) in [6.45, 7) is 2.06. The molecule has 0 aliphatic rings. The molecule has 2 aromatic rings. The molecular formula is C15H13Br2NO2. The Bertz CT molecular complexity index is 644. The van der Waals surface area contributed by atoms with Crippen molar-refractivity contribution >= 4 is 43.5 Å². The van der Waals surface area contributed by atoms with Gasteiger partial charge in [-0.2, -0.15) is 0 Å². The van der Waals surface area contributed by atoms with E-state index in [4.69, 9.17) is 5.11 Å². The first-order chi connectivity index (χ1) is 9.47. The van der Waals surface area contributed by atoms with Gasteiger partial charge < -0.3 is 10.4 Å². The maximum atomic E-state index is 11.0. The van der Waals surface area contributed by atoms with E-state index < -0.39 is 5.97 Å². The van der Waals surface area contributed by atoms with E-state index in [-0.39, 0.29) is 11.6 Å². The predicted molar refractivity (Wildman–Crippen MR) is 87.3 cm³/mol. The van der Waals surface area contributed by atoms with Gasteiger partial charge in [-0.25, -0.2) is 4.79 Å². The first kappa shape index (κ1) is 15.1. The highest BCUT2D eigenvalue weighted by Crippen LogP contribution is 2.26. The quantitative estimate of drug-likeness (QED) is 0.754. The Morgan fingerprint density at radius 2 is 1.95 bits per heavy atom. The van der Waals surface area contributed by atoms with Crippen molar-refractivity contribution in [3.8, 4) is 0 Å². The van der Waals surface area contributed by atoms with Crippen LogP contribution in [0.15, 0.2) is 51.4 Å². The number of carbonyl (C=O) groups is 1. The van der Waals surface area contributed by atoms with Crippen molar-refractivity contribution in [3.63, 3.8) is 0 Å². The van der Waals surface area contributed by atoms with Crippen LogP contribution in [0.25, 0.3) is 0 Å². The third kappa shape index (κ3) is 3.61. The molecule has 5 heteroatoms. The summed E-state index contributed by atoms with van der Waals surface area (Å²) in [6, 6.07) is 13.3. The van der Waals surface area contributed by atoms with E-state index >= 15 is 0 Å². The molecule has 0 radical (unpaired) electrons. The van der Waals surface area contributed by atoms with Crippen LogP contribution in [0.4, 0.5) is 5.69 Å². The maximum Gasteiger partial charge on any atom is 0.336 e. The fraction of sp³-hybridized carbons (Fsp3) is 0.133. The standard InChI is InChI=1S/C15H13Br2NO2/c1-9(10-3-2-4-11(16)7-10)18-12-5-6-13(15(19)20)14(17)8-12/h2-9,18H,1H3,(H,19,20). The van der Waals surface area contributed by atoms with Gasteiger partial charge in [0.2, 0.25) is 0 Å². The number of anilines is 1. The molecule has 0 amide bonds. The number of carboxylic acid groups (broad SMARTS) is 1. The summed E-state index contributed by atoms with van der Waals surface area (Å²) >= 11 is 6.73. The Balaban J connectivity index is 2.18. The molecule has 0 saturated carbocycles. The molecule has 0 aliphatic heterocycles. The Kier molecular flexibility index (Phi) is 4.83. The van der Waals surface area contributed by atoms with Gasteiger partial charge in [-0.1, -0.05) is 28.1 Å². The zero-order valence-corrected chi connectivity index (χ0v) is 13.9. The Morgan fingerprint density at radius 1 is 1.20 bits per heavy atom. The zero-order valence-electron chi connectivity index (χ0n) is 10.7. The van der Waals surface area contributed by atoms with Crippen LogP contribution in [0.1, 0.15) is 28.9 Å². The smallest absolute Gasteiger partial charge is 0.336 e. The van der Waals surface area contributed by atoms with Crippen molar-refractivity contribution in [2.75, 3.05) is 5.32 Å². The molecule has 2 aromatic carbocycles. The van der Waals surface area contributed by atoms with Gasteiger partial charge in [0.05, 0.1) is 5.56 Å². The maximum absolute atomic E-state index is 11.0. The SMILES string of the molecule is CC(Nc1ccc(C(=O)O)c(Br)c1)c1cccc(Br)c1. The van der Waals surface area contributed by atoms with E-state index in [1.54, 1.807) is 18.2 Å². The number of hydrogen-bond acceptors (Lipinski definition) is 2. The minimum Gasteiger partial charge on any atom is -0.478 e. The largest absolute Gasteiger partial charge is 0.478 e. The van der Waals surface area contributed by atoms with E-state index in [2.05, 4.69) is 50.2 Å². The van der Waals surface area contributed by atoms with Crippen LogP contribution in [0.3, 0.4) is 0 Å². The summed E-state index contributed by atoms with van der Waals surface area (Å²) in [4.78, 5) is 11.0. The summed E-state index contributed by atoms with van der Waals surface area (Å²) in [5.41, 5.74) is 2.28. The molecule has 20 heavy (non-hydrogen) atoms. The first-order valence-corrected chi connectivity index (χ1v) is 7.61. The second kappa shape index (κ2) is 6.41. The van der Waals surface area contributed by atoms with E-state index in [9.17, 15) is 4.79 Å². The zero-order chi connectivity index (χ0) is 14.7. The Hall–Kier alpha value is -1.33. The third-order valence-corrected chi connectivity index (χ3v) is 4.08. The fourth-order valence-corrected chi connectivity index (χ4v) is 2.85. The van der Waals surface area contributed by atoms with E-state index in [0.29, 0.717) is 4.47 Å². The molecule has 0 spiro atoms. The fourth-order valence-electron chi connectivity index (χ4n) is 1.89. The lowest BCUT2D eigenvalue weighted by atomic mass is 10.1. The summed E-state index contributed by atoms with van der Waals surface area (Å²) in [5, 5.41) is 12.3. The number of halogens is 2. The van der Waals surface area contributed by atoms with Gasteiger partial charge >= 0.3 is 5.97 Å². The Morgan fingerprint density at radius 3 is 2.55 bits per heavy atom. The lowest BCUT2D eigenvalue weighted by Gasteiger charge is -2.16. The van der Waals surface area contributed by atoms with Gasteiger partial charge in [0.1, 0.15) is 0 Å². The topological polar surface area (TPSA) is 49.3 Å². The van der Waals surface area contributed by atoms with Gasteiger partial charge in [0.25, 0.3) is 0 Å². The van der Waals surface area contributed by atoms with Crippen LogP contribution in [0.5, 0.6) is 0 Å². The van der Waals surface area contributed by atoms with Crippen LogP contribution >= 0.6 is 31.9 Å². The van der Waals surface area contributed by atoms with Crippen LogP contribution < -0.4 is 5.32 Å². The van der Waals surface area contributed by atoms with Crippen molar-refractivity contribution in [2.45, 2.75) is 13.0 Å². The number of rotatable bonds is 4. The molecule has 2 rings (SSSR count). The number of carboxylic acids is 1. The van der Waals surface area contributed by atoms with Crippen molar-refractivity contribution in [3.05, 3.63) is 62.5 Å². The molecule has 1 atom stereocenters.